The van der Waals surface area contributed by atoms with Crippen molar-refractivity contribution in [1.29, 1.82) is 0 Å². The number of rotatable bonds is 5. The van der Waals surface area contributed by atoms with Gasteiger partial charge in [0.2, 0.25) is 5.91 Å². The lowest BCUT2D eigenvalue weighted by Crippen LogP contribution is -2.05. The number of benzene rings is 2. The van der Waals surface area contributed by atoms with Crippen LogP contribution in [0.15, 0.2) is 48.5 Å². The van der Waals surface area contributed by atoms with Crippen molar-refractivity contribution in [3.63, 3.8) is 0 Å². The van der Waals surface area contributed by atoms with Crippen LogP contribution in [0.25, 0.3) is 0 Å². The number of anilines is 2. The van der Waals surface area contributed by atoms with Crippen LogP contribution < -0.4 is 10.6 Å². The molecule has 20 heavy (non-hydrogen) atoms. The highest BCUT2D eigenvalue weighted by Crippen LogP contribution is 2.15. The SMILES string of the molecule is CCNc1ccc(Cc2ccc(NC(C)=O)cc2)cc1. The fourth-order valence-corrected chi connectivity index (χ4v) is 2.09. The van der Waals surface area contributed by atoms with E-state index in [-0.39, 0.29) is 5.91 Å². The van der Waals surface area contributed by atoms with Gasteiger partial charge in [0.1, 0.15) is 0 Å². The van der Waals surface area contributed by atoms with Gasteiger partial charge in [0.05, 0.1) is 0 Å². The van der Waals surface area contributed by atoms with Crippen molar-refractivity contribution < 1.29 is 4.79 Å². The maximum Gasteiger partial charge on any atom is 0.221 e. The van der Waals surface area contributed by atoms with E-state index in [1.165, 1.54) is 18.1 Å². The molecule has 2 aromatic carbocycles. The van der Waals surface area contributed by atoms with Crippen LogP contribution in [0.1, 0.15) is 25.0 Å². The highest BCUT2D eigenvalue weighted by molar-refractivity contribution is 5.88. The van der Waals surface area contributed by atoms with Gasteiger partial charge in [-0.05, 0) is 48.7 Å². The fraction of sp³-hybridized carbons (Fsp3) is 0.235. The maximum absolute atomic E-state index is 11.0. The third-order valence-electron chi connectivity index (χ3n) is 3.02. The van der Waals surface area contributed by atoms with Gasteiger partial charge in [-0.3, -0.25) is 4.79 Å². The van der Waals surface area contributed by atoms with Crippen LogP contribution in [-0.4, -0.2) is 12.5 Å². The molecule has 0 bridgehead atoms. The number of carbonyl (C=O) groups is 1. The van der Waals surface area contributed by atoms with Crippen molar-refractivity contribution in [1.82, 2.24) is 0 Å². The summed E-state index contributed by atoms with van der Waals surface area (Å²) in [4.78, 5) is 11.0. The van der Waals surface area contributed by atoms with E-state index in [0.717, 1.165) is 24.3 Å². The Morgan fingerprint density at radius 2 is 1.40 bits per heavy atom. The van der Waals surface area contributed by atoms with Crippen LogP contribution in [0.2, 0.25) is 0 Å². The van der Waals surface area contributed by atoms with Gasteiger partial charge in [0, 0.05) is 24.8 Å². The van der Waals surface area contributed by atoms with E-state index >= 15 is 0 Å². The van der Waals surface area contributed by atoms with Crippen molar-refractivity contribution in [3.8, 4) is 0 Å². The van der Waals surface area contributed by atoms with Crippen molar-refractivity contribution in [2.45, 2.75) is 20.3 Å². The monoisotopic (exact) mass is 268 g/mol. The zero-order valence-corrected chi connectivity index (χ0v) is 11.9. The van der Waals surface area contributed by atoms with Crippen molar-refractivity contribution in [2.24, 2.45) is 0 Å². The summed E-state index contributed by atoms with van der Waals surface area (Å²) in [5, 5.41) is 6.05. The molecule has 0 spiro atoms. The second kappa shape index (κ2) is 6.75. The fourth-order valence-electron chi connectivity index (χ4n) is 2.09. The highest BCUT2D eigenvalue weighted by atomic mass is 16.1. The molecule has 0 aromatic heterocycles. The number of nitrogens with one attached hydrogen (secondary N) is 2. The molecule has 2 rings (SSSR count). The van der Waals surface area contributed by atoms with Crippen molar-refractivity contribution in [3.05, 3.63) is 59.7 Å². The third kappa shape index (κ3) is 4.12. The standard InChI is InChI=1S/C17H20N2O/c1-3-18-16-8-4-14(5-9-16)12-15-6-10-17(11-7-15)19-13(2)20/h4-11,18H,3,12H2,1-2H3,(H,19,20). The Labute approximate surface area is 120 Å². The molecule has 3 heteroatoms. The summed E-state index contributed by atoms with van der Waals surface area (Å²) in [6.07, 6.45) is 0.896. The van der Waals surface area contributed by atoms with Gasteiger partial charge in [-0.1, -0.05) is 24.3 Å². The Bertz CT molecular complexity index is 559. The molecule has 0 aliphatic rings. The molecule has 104 valence electrons. The first-order valence-corrected chi connectivity index (χ1v) is 6.86. The Hall–Kier alpha value is -2.29. The molecule has 3 nitrogen and oxygen atoms in total. The molecule has 0 saturated carbocycles. The molecule has 0 radical (unpaired) electrons. The Morgan fingerprint density at radius 1 is 0.900 bits per heavy atom. The summed E-state index contributed by atoms with van der Waals surface area (Å²) in [5.74, 6) is -0.0447. The molecule has 2 aromatic rings. The Morgan fingerprint density at radius 3 is 1.85 bits per heavy atom. The third-order valence-corrected chi connectivity index (χ3v) is 3.02. The Balaban J connectivity index is 2.00. The maximum atomic E-state index is 11.0. The molecular weight excluding hydrogens is 248 g/mol. The van der Waals surface area contributed by atoms with Gasteiger partial charge in [-0.15, -0.1) is 0 Å². The minimum absolute atomic E-state index is 0.0447. The van der Waals surface area contributed by atoms with Gasteiger partial charge >= 0.3 is 0 Å². The van der Waals surface area contributed by atoms with Gasteiger partial charge in [-0.2, -0.15) is 0 Å². The average molecular weight is 268 g/mol. The molecule has 0 atom stereocenters. The van der Waals surface area contributed by atoms with Crippen LogP contribution in [-0.2, 0) is 11.2 Å². The predicted octanol–water partition coefficient (Wildman–Crippen LogP) is 3.67. The van der Waals surface area contributed by atoms with E-state index in [9.17, 15) is 4.79 Å². The van der Waals surface area contributed by atoms with E-state index < -0.39 is 0 Å². The Kier molecular flexibility index (Phi) is 4.77. The quantitative estimate of drug-likeness (QED) is 0.868. The summed E-state index contributed by atoms with van der Waals surface area (Å²) in [6.45, 7) is 4.54. The van der Waals surface area contributed by atoms with Crippen LogP contribution in [0.5, 0.6) is 0 Å². The zero-order valence-electron chi connectivity index (χ0n) is 11.9. The average Bonchev–Trinajstić information content (AvgIpc) is 2.43. The van der Waals surface area contributed by atoms with E-state index in [4.69, 9.17) is 0 Å². The second-order valence-electron chi connectivity index (χ2n) is 4.78. The summed E-state index contributed by atoms with van der Waals surface area (Å²) < 4.78 is 0. The van der Waals surface area contributed by atoms with Crippen molar-refractivity contribution in [2.75, 3.05) is 17.2 Å². The van der Waals surface area contributed by atoms with E-state index in [2.05, 4.69) is 41.8 Å². The van der Waals surface area contributed by atoms with Gasteiger partial charge < -0.3 is 10.6 Å². The molecule has 0 aliphatic carbocycles. The summed E-state index contributed by atoms with van der Waals surface area (Å²) in [6, 6.07) is 16.4. The molecular formula is C17H20N2O. The lowest BCUT2D eigenvalue weighted by Gasteiger charge is -2.07. The zero-order chi connectivity index (χ0) is 14.4. The van der Waals surface area contributed by atoms with Crippen LogP contribution >= 0.6 is 0 Å². The van der Waals surface area contributed by atoms with Crippen LogP contribution in [0, 0.1) is 0 Å². The summed E-state index contributed by atoms with van der Waals surface area (Å²) in [7, 11) is 0. The van der Waals surface area contributed by atoms with E-state index in [0.29, 0.717) is 0 Å². The number of amides is 1. The molecule has 0 saturated heterocycles. The number of hydrogen-bond donors (Lipinski definition) is 2. The summed E-state index contributed by atoms with van der Waals surface area (Å²) >= 11 is 0. The number of hydrogen-bond acceptors (Lipinski definition) is 2. The lowest BCUT2D eigenvalue weighted by molar-refractivity contribution is -0.114. The van der Waals surface area contributed by atoms with Gasteiger partial charge in [0.25, 0.3) is 0 Å². The van der Waals surface area contributed by atoms with E-state index in [1.54, 1.807) is 0 Å². The van der Waals surface area contributed by atoms with Crippen LogP contribution in [0.3, 0.4) is 0 Å². The molecule has 0 fully saturated rings. The van der Waals surface area contributed by atoms with Gasteiger partial charge in [0.15, 0.2) is 0 Å². The molecule has 0 aliphatic heterocycles. The molecule has 1 amide bonds. The topological polar surface area (TPSA) is 41.1 Å². The second-order valence-corrected chi connectivity index (χ2v) is 4.78. The minimum Gasteiger partial charge on any atom is -0.385 e. The minimum atomic E-state index is -0.0447. The largest absolute Gasteiger partial charge is 0.385 e. The first kappa shape index (κ1) is 14.1. The van der Waals surface area contributed by atoms with Gasteiger partial charge in [-0.25, -0.2) is 0 Å². The predicted molar refractivity (Wildman–Crippen MR) is 84.2 cm³/mol. The smallest absolute Gasteiger partial charge is 0.221 e. The lowest BCUT2D eigenvalue weighted by atomic mass is 10.0. The van der Waals surface area contributed by atoms with E-state index in [1.807, 2.05) is 24.3 Å². The highest BCUT2D eigenvalue weighted by Gasteiger charge is 1.99. The van der Waals surface area contributed by atoms with Crippen LogP contribution in [0.4, 0.5) is 11.4 Å². The molecule has 0 unspecified atom stereocenters. The first-order chi connectivity index (χ1) is 9.67. The summed E-state index contributed by atoms with van der Waals surface area (Å²) in [5.41, 5.74) is 4.50. The molecule has 0 heterocycles. The molecule has 2 N–H and O–H groups in total. The normalized spacial score (nSPS) is 10.1. The number of carbonyl (C=O) groups excluding carboxylic acids is 1. The van der Waals surface area contributed by atoms with Crippen molar-refractivity contribution >= 4 is 17.3 Å². The first-order valence-electron chi connectivity index (χ1n) is 6.86.